The minimum atomic E-state index is -0.823. The first kappa shape index (κ1) is 15.9. The number of carbonyl (C=O) groups is 1. The Morgan fingerprint density at radius 3 is 2.32 bits per heavy atom. The number of nitrogens with one attached hydrogen (secondary N) is 1. The van der Waals surface area contributed by atoms with E-state index in [1.165, 1.54) is 6.07 Å². The maximum Gasteiger partial charge on any atom is 0.262 e. The van der Waals surface area contributed by atoms with Crippen LogP contribution < -0.4 is 10.1 Å². The maximum absolute atomic E-state index is 13.5. The van der Waals surface area contributed by atoms with Gasteiger partial charge in [-0.1, -0.05) is 17.7 Å². The first-order chi connectivity index (χ1) is 10.4. The zero-order chi connectivity index (χ0) is 16.3. The molecular formula is C17H17F2NO2. The van der Waals surface area contributed by atoms with Crippen LogP contribution in [0, 0.1) is 32.4 Å². The van der Waals surface area contributed by atoms with Crippen molar-refractivity contribution < 1.29 is 18.3 Å². The number of carbonyl (C=O) groups excluding carboxylic acids is 1. The van der Waals surface area contributed by atoms with Crippen LogP contribution in [0.25, 0.3) is 0 Å². The van der Waals surface area contributed by atoms with E-state index in [4.69, 9.17) is 4.74 Å². The van der Waals surface area contributed by atoms with Gasteiger partial charge < -0.3 is 10.1 Å². The summed E-state index contributed by atoms with van der Waals surface area (Å²) in [6.45, 7) is 5.52. The second-order valence-electron chi connectivity index (χ2n) is 5.19. The van der Waals surface area contributed by atoms with E-state index in [-0.39, 0.29) is 12.3 Å². The Morgan fingerprint density at radius 1 is 1.09 bits per heavy atom. The van der Waals surface area contributed by atoms with Crippen LogP contribution in [0.1, 0.15) is 16.7 Å². The molecule has 0 aromatic heterocycles. The van der Waals surface area contributed by atoms with Gasteiger partial charge in [0.2, 0.25) is 0 Å². The molecule has 0 radical (unpaired) electrons. The third kappa shape index (κ3) is 3.81. The van der Waals surface area contributed by atoms with Crippen molar-refractivity contribution in [1.82, 2.24) is 0 Å². The zero-order valence-electron chi connectivity index (χ0n) is 12.7. The fourth-order valence-electron chi connectivity index (χ4n) is 2.31. The zero-order valence-corrected chi connectivity index (χ0v) is 12.7. The third-order valence-corrected chi connectivity index (χ3v) is 3.16. The molecule has 2 rings (SSSR count). The smallest absolute Gasteiger partial charge is 0.262 e. The highest BCUT2D eigenvalue weighted by atomic mass is 19.1. The monoisotopic (exact) mass is 305 g/mol. The molecule has 0 saturated carbocycles. The van der Waals surface area contributed by atoms with Gasteiger partial charge in [0.15, 0.2) is 6.61 Å². The van der Waals surface area contributed by atoms with Gasteiger partial charge in [-0.25, -0.2) is 8.78 Å². The first-order valence-electron chi connectivity index (χ1n) is 6.82. The van der Waals surface area contributed by atoms with Crippen LogP contribution in [0.3, 0.4) is 0 Å². The van der Waals surface area contributed by atoms with Crippen LogP contribution in [0.5, 0.6) is 5.75 Å². The summed E-state index contributed by atoms with van der Waals surface area (Å²) in [4.78, 5) is 11.8. The van der Waals surface area contributed by atoms with E-state index in [0.29, 0.717) is 11.8 Å². The molecule has 22 heavy (non-hydrogen) atoms. The molecule has 0 spiro atoms. The predicted molar refractivity (Wildman–Crippen MR) is 81.1 cm³/mol. The standard InChI is InChI=1S/C17H17F2NO2/c1-10-6-11(2)17(12(3)7-10)22-9-16(21)20-15-5-4-13(18)8-14(15)19/h4-8H,9H2,1-3H3,(H,20,21). The van der Waals surface area contributed by atoms with Gasteiger partial charge in [0, 0.05) is 6.07 Å². The molecule has 2 aromatic carbocycles. The summed E-state index contributed by atoms with van der Waals surface area (Å²) < 4.78 is 31.8. The van der Waals surface area contributed by atoms with Gasteiger partial charge in [-0.3, -0.25) is 4.79 Å². The molecule has 1 amide bonds. The first-order valence-corrected chi connectivity index (χ1v) is 6.82. The number of hydrogen-bond donors (Lipinski definition) is 1. The summed E-state index contributed by atoms with van der Waals surface area (Å²) in [6.07, 6.45) is 0. The van der Waals surface area contributed by atoms with E-state index in [1.807, 2.05) is 32.9 Å². The van der Waals surface area contributed by atoms with Crippen LogP contribution in [0.4, 0.5) is 14.5 Å². The lowest BCUT2D eigenvalue weighted by Crippen LogP contribution is -2.21. The number of ether oxygens (including phenoxy) is 1. The molecule has 0 atom stereocenters. The van der Waals surface area contributed by atoms with E-state index in [2.05, 4.69) is 5.32 Å². The molecule has 0 aliphatic rings. The molecule has 0 unspecified atom stereocenters. The third-order valence-electron chi connectivity index (χ3n) is 3.16. The van der Waals surface area contributed by atoms with E-state index in [0.717, 1.165) is 22.8 Å². The van der Waals surface area contributed by atoms with Gasteiger partial charge in [0.05, 0.1) is 5.69 Å². The van der Waals surface area contributed by atoms with E-state index >= 15 is 0 Å². The number of halogens is 2. The van der Waals surface area contributed by atoms with Crippen molar-refractivity contribution in [3.8, 4) is 5.75 Å². The molecular weight excluding hydrogens is 288 g/mol. The number of benzene rings is 2. The number of aryl methyl sites for hydroxylation is 3. The number of hydrogen-bond acceptors (Lipinski definition) is 2. The largest absolute Gasteiger partial charge is 0.483 e. The van der Waals surface area contributed by atoms with Gasteiger partial charge in [-0.05, 0) is 44.0 Å². The quantitative estimate of drug-likeness (QED) is 0.930. The molecule has 1 N–H and O–H groups in total. The SMILES string of the molecule is Cc1cc(C)c(OCC(=O)Nc2ccc(F)cc2F)c(C)c1. The molecule has 3 nitrogen and oxygen atoms in total. The summed E-state index contributed by atoms with van der Waals surface area (Å²) >= 11 is 0. The Labute approximate surface area is 127 Å². The summed E-state index contributed by atoms with van der Waals surface area (Å²) in [5.41, 5.74) is 2.89. The molecule has 0 saturated heterocycles. The second kappa shape index (κ2) is 6.56. The van der Waals surface area contributed by atoms with E-state index in [9.17, 15) is 13.6 Å². The highest BCUT2D eigenvalue weighted by molar-refractivity contribution is 5.92. The normalized spacial score (nSPS) is 10.4. The lowest BCUT2D eigenvalue weighted by atomic mass is 10.1. The van der Waals surface area contributed by atoms with Crippen molar-refractivity contribution in [3.63, 3.8) is 0 Å². The molecule has 5 heteroatoms. The van der Waals surface area contributed by atoms with Gasteiger partial charge in [-0.15, -0.1) is 0 Å². The lowest BCUT2D eigenvalue weighted by Gasteiger charge is -2.13. The highest BCUT2D eigenvalue weighted by Gasteiger charge is 2.11. The van der Waals surface area contributed by atoms with Crippen molar-refractivity contribution in [2.24, 2.45) is 0 Å². The van der Waals surface area contributed by atoms with Crippen LogP contribution in [-0.4, -0.2) is 12.5 Å². The number of amides is 1. The molecule has 0 bridgehead atoms. The van der Waals surface area contributed by atoms with E-state index in [1.54, 1.807) is 0 Å². The molecule has 0 heterocycles. The fraction of sp³-hybridized carbons (Fsp3) is 0.235. The van der Waals surface area contributed by atoms with Crippen LogP contribution in [0.2, 0.25) is 0 Å². The Bertz CT molecular complexity index is 691. The summed E-state index contributed by atoms with van der Waals surface area (Å²) in [5, 5.41) is 2.35. The van der Waals surface area contributed by atoms with Crippen LogP contribution in [0.15, 0.2) is 30.3 Å². The molecule has 0 aliphatic carbocycles. The second-order valence-corrected chi connectivity index (χ2v) is 5.19. The molecule has 2 aromatic rings. The summed E-state index contributed by atoms with van der Waals surface area (Å²) in [7, 11) is 0. The molecule has 116 valence electrons. The van der Waals surface area contributed by atoms with Crippen molar-refractivity contribution in [3.05, 3.63) is 58.7 Å². The van der Waals surface area contributed by atoms with Crippen molar-refractivity contribution in [2.75, 3.05) is 11.9 Å². The summed E-state index contributed by atoms with van der Waals surface area (Å²) in [5.74, 6) is -1.39. The number of rotatable bonds is 4. The van der Waals surface area contributed by atoms with Crippen molar-refractivity contribution >= 4 is 11.6 Å². The van der Waals surface area contributed by atoms with Gasteiger partial charge in [0.25, 0.3) is 5.91 Å². The van der Waals surface area contributed by atoms with Crippen molar-refractivity contribution in [2.45, 2.75) is 20.8 Å². The highest BCUT2D eigenvalue weighted by Crippen LogP contribution is 2.24. The average Bonchev–Trinajstić information content (AvgIpc) is 2.40. The minimum absolute atomic E-state index is 0.0765. The minimum Gasteiger partial charge on any atom is -0.483 e. The van der Waals surface area contributed by atoms with Crippen LogP contribution >= 0.6 is 0 Å². The topological polar surface area (TPSA) is 38.3 Å². The Morgan fingerprint density at radius 2 is 1.73 bits per heavy atom. The average molecular weight is 305 g/mol. The summed E-state index contributed by atoms with van der Waals surface area (Å²) in [6, 6.07) is 6.88. The van der Waals surface area contributed by atoms with Crippen molar-refractivity contribution in [1.29, 1.82) is 0 Å². The maximum atomic E-state index is 13.5. The van der Waals surface area contributed by atoms with Gasteiger partial charge >= 0.3 is 0 Å². The predicted octanol–water partition coefficient (Wildman–Crippen LogP) is 3.91. The Kier molecular flexibility index (Phi) is 4.75. The van der Waals surface area contributed by atoms with Gasteiger partial charge in [-0.2, -0.15) is 0 Å². The number of anilines is 1. The van der Waals surface area contributed by atoms with Crippen LogP contribution in [-0.2, 0) is 4.79 Å². The molecule has 0 fully saturated rings. The molecule has 0 aliphatic heterocycles. The van der Waals surface area contributed by atoms with E-state index < -0.39 is 17.5 Å². The lowest BCUT2D eigenvalue weighted by molar-refractivity contribution is -0.118. The fourth-order valence-corrected chi connectivity index (χ4v) is 2.31. The Balaban J connectivity index is 2.02. The Hall–Kier alpha value is -2.43. The van der Waals surface area contributed by atoms with Gasteiger partial charge in [0.1, 0.15) is 17.4 Å².